The number of methoxy groups -OCH3 is 1. The van der Waals surface area contributed by atoms with E-state index in [9.17, 15) is 23.4 Å². The van der Waals surface area contributed by atoms with Gasteiger partial charge in [0.25, 0.3) is 0 Å². The molecule has 5 rings (SSSR count). The maximum atomic E-state index is 14.0. The summed E-state index contributed by atoms with van der Waals surface area (Å²) in [6, 6.07) is 7.18. The molecule has 3 aromatic rings. The van der Waals surface area contributed by atoms with Gasteiger partial charge in [0, 0.05) is 63.0 Å². The summed E-state index contributed by atoms with van der Waals surface area (Å²) in [5.74, 6) is -2.44. The van der Waals surface area contributed by atoms with Crippen LogP contribution in [0.15, 0.2) is 36.5 Å². The first-order chi connectivity index (χ1) is 20.8. The Kier molecular flexibility index (Phi) is 10.4. The molecule has 0 saturated carbocycles. The molecule has 0 spiro atoms. The fraction of sp³-hybridized carbons (Fsp3) is 0.531. The number of hydrogen-bond donors (Lipinski definition) is 3. The molecular formula is C32H41F3N4O4. The van der Waals surface area contributed by atoms with Gasteiger partial charge in [-0.05, 0) is 73.5 Å². The third kappa shape index (κ3) is 7.58. The van der Waals surface area contributed by atoms with Crippen molar-refractivity contribution in [3.8, 4) is 5.75 Å². The summed E-state index contributed by atoms with van der Waals surface area (Å²) in [5, 5.41) is 25.8. The molecule has 2 fully saturated rings. The Labute approximate surface area is 250 Å². The molecule has 0 radical (unpaired) electrons. The highest BCUT2D eigenvalue weighted by molar-refractivity contribution is 5.85. The molecule has 2 aromatic carbocycles. The van der Waals surface area contributed by atoms with E-state index in [0.29, 0.717) is 57.5 Å². The van der Waals surface area contributed by atoms with Crippen LogP contribution in [-0.2, 0) is 11.3 Å². The molecule has 0 amide bonds. The number of benzene rings is 2. The number of anilines is 1. The molecule has 2 aliphatic rings. The number of rotatable bonds is 12. The summed E-state index contributed by atoms with van der Waals surface area (Å²) in [5.41, 5.74) is 2.11. The quantitative estimate of drug-likeness (QED) is 0.262. The van der Waals surface area contributed by atoms with E-state index in [0.717, 1.165) is 67.1 Å². The van der Waals surface area contributed by atoms with Crippen LogP contribution in [0, 0.1) is 22.9 Å². The van der Waals surface area contributed by atoms with Crippen LogP contribution in [0.3, 0.4) is 0 Å². The molecule has 8 nitrogen and oxygen atoms in total. The van der Waals surface area contributed by atoms with Crippen LogP contribution in [0.25, 0.3) is 10.9 Å². The molecule has 1 unspecified atom stereocenters. The molecule has 1 aromatic heterocycles. The first kappa shape index (κ1) is 31.5. The fourth-order valence-corrected chi connectivity index (χ4v) is 6.24. The van der Waals surface area contributed by atoms with Crippen molar-refractivity contribution >= 4 is 16.6 Å². The van der Waals surface area contributed by atoms with E-state index in [-0.39, 0.29) is 17.7 Å². The fourth-order valence-electron chi connectivity index (χ4n) is 6.24. The predicted octanol–water partition coefficient (Wildman–Crippen LogP) is 4.49. The van der Waals surface area contributed by atoms with Crippen LogP contribution >= 0.6 is 0 Å². The van der Waals surface area contributed by atoms with Gasteiger partial charge in [0.05, 0.1) is 37.6 Å². The van der Waals surface area contributed by atoms with Crippen molar-refractivity contribution in [1.82, 2.24) is 14.8 Å². The molecule has 2 aliphatic heterocycles. The number of nitrogens with one attached hydrogen (secondary N) is 1. The van der Waals surface area contributed by atoms with Gasteiger partial charge in [-0.3, -0.25) is 9.88 Å². The maximum Gasteiger partial charge on any atom is 0.182 e. The third-order valence-corrected chi connectivity index (χ3v) is 8.97. The lowest BCUT2D eigenvalue weighted by atomic mass is 9.74. The Bertz CT molecular complexity index is 1380. The number of likely N-dealkylation sites (tertiary alicyclic amines) is 1. The first-order valence-corrected chi connectivity index (χ1v) is 15.0. The lowest BCUT2D eigenvalue weighted by Gasteiger charge is -2.41. The molecule has 3 N–H and O–H groups in total. The van der Waals surface area contributed by atoms with Gasteiger partial charge in [-0.15, -0.1) is 0 Å². The van der Waals surface area contributed by atoms with Crippen molar-refractivity contribution in [3.05, 3.63) is 65.1 Å². The third-order valence-electron chi connectivity index (χ3n) is 8.97. The number of halogens is 3. The molecule has 11 heteroatoms. The number of morpholine rings is 1. The van der Waals surface area contributed by atoms with E-state index in [1.807, 2.05) is 24.4 Å². The van der Waals surface area contributed by atoms with Gasteiger partial charge in [0.2, 0.25) is 0 Å². The largest absolute Gasteiger partial charge is 0.497 e. The summed E-state index contributed by atoms with van der Waals surface area (Å²) in [7, 11) is 1.62. The lowest BCUT2D eigenvalue weighted by Crippen LogP contribution is -2.43. The highest BCUT2D eigenvalue weighted by Gasteiger charge is 2.35. The van der Waals surface area contributed by atoms with Gasteiger partial charge in [0.15, 0.2) is 11.6 Å². The Balaban J connectivity index is 1.22. The number of ether oxygens (including phenoxy) is 2. The Morgan fingerprint density at radius 3 is 2.56 bits per heavy atom. The van der Waals surface area contributed by atoms with Gasteiger partial charge in [-0.25, -0.2) is 13.2 Å². The van der Waals surface area contributed by atoms with Crippen molar-refractivity contribution in [2.45, 2.75) is 38.3 Å². The van der Waals surface area contributed by atoms with Crippen LogP contribution in [0.5, 0.6) is 5.75 Å². The number of fused-ring (bicyclic) bond motifs is 1. The Morgan fingerprint density at radius 1 is 1.07 bits per heavy atom. The van der Waals surface area contributed by atoms with E-state index < -0.39 is 23.6 Å². The smallest absolute Gasteiger partial charge is 0.182 e. The average Bonchev–Trinajstić information content (AvgIpc) is 3.03. The molecular weight excluding hydrogens is 561 g/mol. The molecule has 0 aliphatic carbocycles. The first-order valence-electron chi connectivity index (χ1n) is 15.0. The second-order valence-corrected chi connectivity index (χ2v) is 11.7. The minimum atomic E-state index is -1.22. The van der Waals surface area contributed by atoms with Crippen molar-refractivity contribution in [1.29, 1.82) is 0 Å². The summed E-state index contributed by atoms with van der Waals surface area (Å²) >= 11 is 0. The lowest BCUT2D eigenvalue weighted by molar-refractivity contribution is 0.0239. The highest BCUT2D eigenvalue weighted by atomic mass is 19.2. The van der Waals surface area contributed by atoms with Gasteiger partial charge in [0.1, 0.15) is 11.6 Å². The summed E-state index contributed by atoms with van der Waals surface area (Å²) in [6.45, 7) is 6.01. The molecule has 1 atom stereocenters. The van der Waals surface area contributed by atoms with Crippen LogP contribution in [0.4, 0.5) is 18.9 Å². The van der Waals surface area contributed by atoms with Crippen molar-refractivity contribution in [2.24, 2.45) is 5.41 Å². The van der Waals surface area contributed by atoms with E-state index >= 15 is 0 Å². The topological polar surface area (TPSA) is 90.3 Å². The number of aliphatic hydroxyl groups is 2. The number of piperidine rings is 1. The minimum absolute atomic E-state index is 0.0190. The second-order valence-electron chi connectivity index (χ2n) is 11.7. The van der Waals surface area contributed by atoms with Gasteiger partial charge in [-0.2, -0.15) is 0 Å². The zero-order valence-corrected chi connectivity index (χ0v) is 24.6. The number of aliphatic hydroxyl groups excluding tert-OH is 2. The Hall–Kier alpha value is -2.96. The van der Waals surface area contributed by atoms with Gasteiger partial charge >= 0.3 is 0 Å². The van der Waals surface area contributed by atoms with Gasteiger partial charge in [-0.1, -0.05) is 0 Å². The molecule has 43 heavy (non-hydrogen) atoms. The van der Waals surface area contributed by atoms with Crippen LogP contribution in [0.2, 0.25) is 0 Å². The maximum absolute atomic E-state index is 14.0. The van der Waals surface area contributed by atoms with E-state index in [1.54, 1.807) is 7.11 Å². The average molecular weight is 603 g/mol. The number of aromatic nitrogens is 1. The number of nitrogens with zero attached hydrogens (tertiary/aromatic N) is 3. The van der Waals surface area contributed by atoms with Gasteiger partial charge < -0.3 is 29.9 Å². The van der Waals surface area contributed by atoms with E-state index in [2.05, 4.69) is 20.1 Å². The number of pyridine rings is 1. The second kappa shape index (κ2) is 14.2. The van der Waals surface area contributed by atoms with Crippen LogP contribution in [-0.4, -0.2) is 91.2 Å². The van der Waals surface area contributed by atoms with E-state index in [1.165, 1.54) is 0 Å². The number of hydrogen-bond acceptors (Lipinski definition) is 8. The monoisotopic (exact) mass is 602 g/mol. The standard InChI is InChI=1S/C32H41F3N4O4/c1-42-24-2-3-27-25(18-24)30(22(19-37-27)20-39-12-14-43-15-13-39)29(41)4-5-32(21-40)6-9-38(10-7-32)11-8-36-28-17-23(33)16-26(34)31(28)35/h2-3,16-19,29,36,40-41H,4-15,20-21H2,1H3. The Morgan fingerprint density at radius 2 is 1.84 bits per heavy atom. The molecule has 0 bridgehead atoms. The highest BCUT2D eigenvalue weighted by Crippen LogP contribution is 2.40. The molecule has 3 heterocycles. The zero-order valence-electron chi connectivity index (χ0n) is 24.6. The van der Waals surface area contributed by atoms with Crippen molar-refractivity contribution in [3.63, 3.8) is 0 Å². The van der Waals surface area contributed by atoms with Crippen molar-refractivity contribution in [2.75, 3.05) is 71.5 Å². The SMILES string of the molecule is COc1ccc2ncc(CN3CCOCC3)c(C(O)CCC3(CO)CCN(CCNc4cc(F)cc(F)c4F)CC3)c2c1. The summed E-state index contributed by atoms with van der Waals surface area (Å²) < 4.78 is 51.9. The van der Waals surface area contributed by atoms with Crippen LogP contribution in [0.1, 0.15) is 42.9 Å². The molecule has 2 saturated heterocycles. The summed E-state index contributed by atoms with van der Waals surface area (Å²) in [4.78, 5) is 9.17. The summed E-state index contributed by atoms with van der Waals surface area (Å²) in [6.07, 6.45) is 3.73. The minimum Gasteiger partial charge on any atom is -0.497 e. The molecule has 234 valence electrons. The van der Waals surface area contributed by atoms with Crippen LogP contribution < -0.4 is 10.1 Å². The van der Waals surface area contributed by atoms with E-state index in [4.69, 9.17) is 9.47 Å². The normalized spacial score (nSPS) is 18.6. The van der Waals surface area contributed by atoms with Crippen molar-refractivity contribution < 1.29 is 32.9 Å². The predicted molar refractivity (Wildman–Crippen MR) is 159 cm³/mol. The zero-order chi connectivity index (χ0) is 30.4.